The second kappa shape index (κ2) is 5.70. The third kappa shape index (κ3) is 4.54. The van der Waals surface area contributed by atoms with Crippen LogP contribution in [-0.4, -0.2) is 7.05 Å². The lowest BCUT2D eigenvalue weighted by atomic mass is 9.87. The molecule has 0 aliphatic carbocycles. The second-order valence-corrected chi connectivity index (χ2v) is 5.93. The van der Waals surface area contributed by atoms with Crippen LogP contribution in [0.2, 0.25) is 5.02 Å². The van der Waals surface area contributed by atoms with Gasteiger partial charge in [-0.15, -0.1) is 0 Å². The van der Waals surface area contributed by atoms with E-state index in [1.807, 2.05) is 25.2 Å². The van der Waals surface area contributed by atoms with Gasteiger partial charge in [-0.05, 0) is 43.0 Å². The molecule has 0 saturated heterocycles. The molecule has 0 spiro atoms. The van der Waals surface area contributed by atoms with E-state index in [0.29, 0.717) is 11.5 Å². The highest BCUT2D eigenvalue weighted by Crippen LogP contribution is 2.28. The van der Waals surface area contributed by atoms with Gasteiger partial charge in [-0.2, -0.15) is 0 Å². The first-order valence-corrected chi connectivity index (χ1v) is 6.23. The van der Waals surface area contributed by atoms with Crippen molar-refractivity contribution < 1.29 is 0 Å². The first-order chi connectivity index (χ1) is 7.42. The van der Waals surface area contributed by atoms with Gasteiger partial charge in [0.15, 0.2) is 0 Å². The summed E-state index contributed by atoms with van der Waals surface area (Å²) in [6, 6.07) is 8.51. The minimum absolute atomic E-state index is 0.383. The topological polar surface area (TPSA) is 12.0 Å². The third-order valence-corrected chi connectivity index (χ3v) is 3.02. The normalized spacial score (nSPS) is 13.8. The predicted octanol–water partition coefficient (Wildman–Crippen LogP) is 4.43. The summed E-state index contributed by atoms with van der Waals surface area (Å²) in [6.45, 7) is 6.83. The van der Waals surface area contributed by atoms with Crippen LogP contribution in [0.25, 0.3) is 0 Å². The van der Waals surface area contributed by atoms with Crippen LogP contribution in [0.3, 0.4) is 0 Å². The highest BCUT2D eigenvalue weighted by Gasteiger charge is 2.15. The molecule has 1 aromatic rings. The van der Waals surface area contributed by atoms with E-state index in [4.69, 9.17) is 11.6 Å². The van der Waals surface area contributed by atoms with E-state index in [1.165, 1.54) is 12.0 Å². The number of rotatable bonds is 4. The standard InChI is InChI=1S/C14H22ClN/c1-14(2,3)9-8-13(16-4)11-6-5-7-12(15)10-11/h5-7,10,13,16H,8-9H2,1-4H3. The van der Waals surface area contributed by atoms with Crippen molar-refractivity contribution >= 4 is 11.6 Å². The summed E-state index contributed by atoms with van der Waals surface area (Å²) in [4.78, 5) is 0. The third-order valence-electron chi connectivity index (χ3n) is 2.78. The molecule has 1 atom stereocenters. The molecule has 0 aliphatic rings. The molecule has 0 radical (unpaired) electrons. The highest BCUT2D eigenvalue weighted by molar-refractivity contribution is 6.30. The zero-order valence-electron chi connectivity index (χ0n) is 10.7. The lowest BCUT2D eigenvalue weighted by Gasteiger charge is -2.23. The maximum atomic E-state index is 6.01. The van der Waals surface area contributed by atoms with Crippen LogP contribution in [0.4, 0.5) is 0 Å². The van der Waals surface area contributed by atoms with E-state index < -0.39 is 0 Å². The molecule has 16 heavy (non-hydrogen) atoms. The number of benzene rings is 1. The Labute approximate surface area is 104 Å². The van der Waals surface area contributed by atoms with Crippen LogP contribution in [0.15, 0.2) is 24.3 Å². The molecule has 0 heterocycles. The zero-order valence-corrected chi connectivity index (χ0v) is 11.4. The fourth-order valence-corrected chi connectivity index (χ4v) is 1.98. The van der Waals surface area contributed by atoms with Gasteiger partial charge in [0.05, 0.1) is 0 Å². The number of nitrogens with one attached hydrogen (secondary N) is 1. The summed E-state index contributed by atoms with van der Waals surface area (Å²) in [6.07, 6.45) is 2.34. The van der Waals surface area contributed by atoms with Gasteiger partial charge in [-0.25, -0.2) is 0 Å². The molecule has 1 N–H and O–H groups in total. The molecule has 0 aromatic heterocycles. The van der Waals surface area contributed by atoms with E-state index in [-0.39, 0.29) is 0 Å². The zero-order chi connectivity index (χ0) is 12.2. The van der Waals surface area contributed by atoms with Gasteiger partial charge in [0.1, 0.15) is 0 Å². The average molecular weight is 240 g/mol. The minimum atomic E-state index is 0.383. The van der Waals surface area contributed by atoms with Crippen molar-refractivity contribution in [3.63, 3.8) is 0 Å². The molecule has 1 aromatic carbocycles. The molecule has 1 rings (SSSR count). The van der Waals surface area contributed by atoms with E-state index in [2.05, 4.69) is 32.2 Å². The molecule has 0 bridgehead atoms. The van der Waals surface area contributed by atoms with Crippen molar-refractivity contribution in [2.75, 3.05) is 7.05 Å². The van der Waals surface area contributed by atoms with Crippen LogP contribution < -0.4 is 5.32 Å². The Hall–Kier alpha value is -0.530. The second-order valence-electron chi connectivity index (χ2n) is 5.50. The van der Waals surface area contributed by atoms with Gasteiger partial charge in [0, 0.05) is 11.1 Å². The van der Waals surface area contributed by atoms with Gasteiger partial charge in [0.25, 0.3) is 0 Å². The number of halogens is 1. The lowest BCUT2D eigenvalue weighted by Crippen LogP contribution is -2.18. The monoisotopic (exact) mass is 239 g/mol. The molecule has 0 amide bonds. The molecule has 0 fully saturated rings. The van der Waals surface area contributed by atoms with Gasteiger partial charge >= 0.3 is 0 Å². The Kier molecular flexibility index (Phi) is 4.82. The van der Waals surface area contributed by atoms with E-state index >= 15 is 0 Å². The Morgan fingerprint density at radius 2 is 2.00 bits per heavy atom. The molecule has 1 nitrogen and oxygen atoms in total. The fraction of sp³-hybridized carbons (Fsp3) is 0.571. The van der Waals surface area contributed by atoms with Gasteiger partial charge < -0.3 is 5.32 Å². The van der Waals surface area contributed by atoms with Crippen LogP contribution in [0, 0.1) is 5.41 Å². The summed E-state index contributed by atoms with van der Waals surface area (Å²) < 4.78 is 0. The van der Waals surface area contributed by atoms with Gasteiger partial charge in [-0.1, -0.05) is 44.5 Å². The van der Waals surface area contributed by atoms with E-state index in [9.17, 15) is 0 Å². The SMILES string of the molecule is CNC(CCC(C)(C)C)c1cccc(Cl)c1. The molecule has 0 saturated carbocycles. The summed E-state index contributed by atoms with van der Waals surface area (Å²) in [7, 11) is 2.01. The molecule has 2 heteroatoms. The Balaban J connectivity index is 2.68. The molecule has 0 aliphatic heterocycles. The Morgan fingerprint density at radius 3 is 2.50 bits per heavy atom. The largest absolute Gasteiger partial charge is 0.313 e. The van der Waals surface area contributed by atoms with Gasteiger partial charge in [0.2, 0.25) is 0 Å². The highest BCUT2D eigenvalue weighted by atomic mass is 35.5. The van der Waals surface area contributed by atoms with Crippen molar-refractivity contribution in [3.05, 3.63) is 34.9 Å². The van der Waals surface area contributed by atoms with Crippen molar-refractivity contribution in [2.45, 2.75) is 39.7 Å². The first-order valence-electron chi connectivity index (χ1n) is 5.85. The summed E-state index contributed by atoms with van der Waals surface area (Å²) >= 11 is 6.01. The van der Waals surface area contributed by atoms with Crippen molar-refractivity contribution in [1.29, 1.82) is 0 Å². The van der Waals surface area contributed by atoms with Crippen LogP contribution >= 0.6 is 11.6 Å². The predicted molar refractivity (Wildman–Crippen MR) is 71.9 cm³/mol. The maximum absolute atomic E-state index is 6.01. The number of hydrogen-bond acceptors (Lipinski definition) is 1. The van der Waals surface area contributed by atoms with Crippen LogP contribution in [0.1, 0.15) is 45.2 Å². The molecular weight excluding hydrogens is 218 g/mol. The fourth-order valence-electron chi connectivity index (χ4n) is 1.78. The van der Waals surface area contributed by atoms with Crippen molar-refractivity contribution in [1.82, 2.24) is 5.32 Å². The number of hydrogen-bond donors (Lipinski definition) is 1. The van der Waals surface area contributed by atoms with Crippen LogP contribution in [-0.2, 0) is 0 Å². The van der Waals surface area contributed by atoms with E-state index in [0.717, 1.165) is 11.4 Å². The lowest BCUT2D eigenvalue weighted by molar-refractivity contribution is 0.338. The van der Waals surface area contributed by atoms with Crippen molar-refractivity contribution in [2.24, 2.45) is 5.41 Å². The summed E-state index contributed by atoms with van der Waals surface area (Å²) in [5.41, 5.74) is 1.66. The quantitative estimate of drug-likeness (QED) is 0.820. The molecule has 90 valence electrons. The molecule has 1 unspecified atom stereocenters. The Morgan fingerprint density at radius 1 is 1.31 bits per heavy atom. The van der Waals surface area contributed by atoms with Gasteiger partial charge in [-0.3, -0.25) is 0 Å². The minimum Gasteiger partial charge on any atom is -0.313 e. The molecular formula is C14H22ClN. The average Bonchev–Trinajstić information content (AvgIpc) is 2.17. The van der Waals surface area contributed by atoms with E-state index in [1.54, 1.807) is 0 Å². The summed E-state index contributed by atoms with van der Waals surface area (Å²) in [5.74, 6) is 0. The Bertz CT molecular complexity index is 328. The van der Waals surface area contributed by atoms with Crippen molar-refractivity contribution in [3.8, 4) is 0 Å². The first kappa shape index (κ1) is 13.5. The van der Waals surface area contributed by atoms with Crippen LogP contribution in [0.5, 0.6) is 0 Å². The summed E-state index contributed by atoms with van der Waals surface area (Å²) in [5, 5.41) is 4.17. The smallest absolute Gasteiger partial charge is 0.0409 e. The maximum Gasteiger partial charge on any atom is 0.0409 e.